The second-order valence-electron chi connectivity index (χ2n) is 5.01. The molecule has 0 saturated carbocycles. The Morgan fingerprint density at radius 3 is 1.84 bits per heavy atom. The molecule has 0 fully saturated rings. The molecule has 7 nitrogen and oxygen atoms in total. The van der Waals surface area contributed by atoms with E-state index in [9.17, 15) is 14.4 Å². The molecule has 0 aromatic heterocycles. The zero-order valence-corrected chi connectivity index (χ0v) is 15.6. The molecule has 0 atom stereocenters. The number of esters is 2. The Hall–Kier alpha value is -2.23. The lowest BCUT2D eigenvalue weighted by Crippen LogP contribution is -2.51. The van der Waals surface area contributed by atoms with Crippen LogP contribution in [0.2, 0.25) is 0 Å². The van der Waals surface area contributed by atoms with E-state index in [1.54, 1.807) is 20.8 Å². The normalized spacial score (nSPS) is 9.80. The van der Waals surface area contributed by atoms with Crippen LogP contribution in [0.15, 0.2) is 0 Å². The fourth-order valence-corrected chi connectivity index (χ4v) is 1.94. The molecule has 0 saturated heterocycles. The molecule has 0 bridgehead atoms. The van der Waals surface area contributed by atoms with Gasteiger partial charge in [0.2, 0.25) is 6.04 Å². The summed E-state index contributed by atoms with van der Waals surface area (Å²) in [6.07, 6.45) is 2.37. The molecular weight excluding hydrogens is 326 g/mol. The van der Waals surface area contributed by atoms with Crippen molar-refractivity contribution >= 4 is 18.0 Å². The van der Waals surface area contributed by atoms with Gasteiger partial charge in [0.15, 0.2) is 0 Å². The lowest BCUT2D eigenvalue weighted by Gasteiger charge is -2.27. The van der Waals surface area contributed by atoms with Crippen LogP contribution in [0.25, 0.3) is 0 Å². The molecule has 142 valence electrons. The third kappa shape index (κ3) is 8.99. The van der Waals surface area contributed by atoms with Crippen LogP contribution in [0.1, 0.15) is 53.4 Å². The van der Waals surface area contributed by atoms with Gasteiger partial charge in [-0.3, -0.25) is 4.90 Å². The predicted octanol–water partition coefficient (Wildman–Crippen LogP) is 2.52. The summed E-state index contributed by atoms with van der Waals surface area (Å²) in [6.45, 7) is 7.32. The van der Waals surface area contributed by atoms with Gasteiger partial charge >= 0.3 is 18.0 Å². The molecule has 0 aliphatic carbocycles. The highest BCUT2D eigenvalue weighted by atomic mass is 16.6. The summed E-state index contributed by atoms with van der Waals surface area (Å²) >= 11 is 0. The van der Waals surface area contributed by atoms with E-state index in [1.165, 1.54) is 0 Å². The van der Waals surface area contributed by atoms with E-state index in [-0.39, 0.29) is 26.4 Å². The van der Waals surface area contributed by atoms with Crippen LogP contribution in [-0.4, -0.2) is 55.3 Å². The van der Waals surface area contributed by atoms with Crippen LogP contribution in [-0.2, 0) is 23.8 Å². The summed E-state index contributed by atoms with van der Waals surface area (Å²) in [4.78, 5) is 37.6. The van der Waals surface area contributed by atoms with Gasteiger partial charge < -0.3 is 14.2 Å². The summed E-state index contributed by atoms with van der Waals surface area (Å²) in [7, 11) is 0. The van der Waals surface area contributed by atoms with Gasteiger partial charge in [-0.2, -0.15) is 0 Å². The quantitative estimate of drug-likeness (QED) is 0.197. The van der Waals surface area contributed by atoms with Crippen LogP contribution in [0.4, 0.5) is 4.79 Å². The van der Waals surface area contributed by atoms with Gasteiger partial charge in [-0.05, 0) is 27.2 Å². The van der Waals surface area contributed by atoms with Crippen LogP contribution >= 0.6 is 0 Å². The highest BCUT2D eigenvalue weighted by Gasteiger charge is 2.39. The zero-order chi connectivity index (χ0) is 19.1. The molecule has 0 rings (SSSR count). The summed E-state index contributed by atoms with van der Waals surface area (Å²) < 4.78 is 14.8. The van der Waals surface area contributed by atoms with Crippen molar-refractivity contribution in [3.05, 3.63) is 0 Å². The second-order valence-corrected chi connectivity index (χ2v) is 5.01. The van der Waals surface area contributed by atoms with Gasteiger partial charge in [-0.15, -0.1) is 11.8 Å². The van der Waals surface area contributed by atoms with Gasteiger partial charge in [0.25, 0.3) is 0 Å². The van der Waals surface area contributed by atoms with Crippen molar-refractivity contribution in [3.63, 3.8) is 0 Å². The fourth-order valence-electron chi connectivity index (χ4n) is 1.94. The fraction of sp³-hybridized carbons (Fsp3) is 0.722. The summed E-state index contributed by atoms with van der Waals surface area (Å²) in [5.74, 6) is 4.26. The minimum atomic E-state index is -1.49. The predicted molar refractivity (Wildman–Crippen MR) is 92.7 cm³/mol. The molecule has 0 N–H and O–H groups in total. The maximum atomic E-state index is 12.2. The number of carbonyl (C=O) groups is 3. The lowest BCUT2D eigenvalue weighted by molar-refractivity contribution is -0.162. The number of hydrogen-bond acceptors (Lipinski definition) is 6. The summed E-state index contributed by atoms with van der Waals surface area (Å²) in [5, 5.41) is 0. The van der Waals surface area contributed by atoms with E-state index in [0.29, 0.717) is 6.42 Å². The Labute approximate surface area is 150 Å². The molecule has 0 radical (unpaired) electrons. The maximum Gasteiger partial charge on any atom is 0.410 e. The number of carbonyl (C=O) groups excluding carboxylic acids is 3. The third-order valence-corrected chi connectivity index (χ3v) is 3.09. The molecule has 0 aliphatic heterocycles. The number of rotatable bonds is 10. The maximum absolute atomic E-state index is 12.2. The first kappa shape index (κ1) is 22.8. The molecule has 0 aliphatic rings. The minimum absolute atomic E-state index is 0.0697. The molecule has 0 spiro atoms. The van der Waals surface area contributed by atoms with Gasteiger partial charge in [0, 0.05) is 19.4 Å². The van der Waals surface area contributed by atoms with Crippen molar-refractivity contribution < 1.29 is 28.6 Å². The zero-order valence-electron chi connectivity index (χ0n) is 15.6. The largest absolute Gasteiger partial charge is 0.464 e. The Bertz CT molecular complexity index is 462. The van der Waals surface area contributed by atoms with Crippen LogP contribution < -0.4 is 0 Å². The van der Waals surface area contributed by atoms with Gasteiger partial charge in [0.05, 0.1) is 19.8 Å². The minimum Gasteiger partial charge on any atom is -0.464 e. The van der Waals surface area contributed by atoms with Crippen molar-refractivity contribution in [1.82, 2.24) is 4.90 Å². The van der Waals surface area contributed by atoms with Gasteiger partial charge in [-0.1, -0.05) is 13.3 Å². The molecule has 0 unspecified atom stereocenters. The van der Waals surface area contributed by atoms with Crippen molar-refractivity contribution in [3.8, 4) is 11.8 Å². The third-order valence-electron chi connectivity index (χ3n) is 3.09. The van der Waals surface area contributed by atoms with Gasteiger partial charge in [0.1, 0.15) is 0 Å². The molecular formula is C18H29NO6. The Morgan fingerprint density at radius 1 is 0.840 bits per heavy atom. The van der Waals surface area contributed by atoms with Crippen molar-refractivity contribution in [1.29, 1.82) is 0 Å². The number of unbranched alkanes of at least 4 members (excludes halogenated alkanes) is 2. The van der Waals surface area contributed by atoms with E-state index >= 15 is 0 Å². The average Bonchev–Trinajstić information content (AvgIpc) is 2.57. The van der Waals surface area contributed by atoms with Crippen LogP contribution in [0.5, 0.6) is 0 Å². The van der Waals surface area contributed by atoms with Crippen LogP contribution in [0.3, 0.4) is 0 Å². The standard InChI is InChI=1S/C18H29NO6/c1-5-9-10-11-12-13-14-19(18(22)25-8-4)15(16(20)23-6-2)17(21)24-7-3/h15H,5-10,13-14H2,1-4H3. The van der Waals surface area contributed by atoms with E-state index in [1.807, 2.05) is 0 Å². The molecule has 0 aromatic carbocycles. The number of ether oxygens (including phenoxy) is 3. The van der Waals surface area contributed by atoms with Crippen molar-refractivity contribution in [2.24, 2.45) is 0 Å². The smallest absolute Gasteiger partial charge is 0.410 e. The Balaban J connectivity index is 5.23. The molecule has 7 heteroatoms. The average molecular weight is 355 g/mol. The first-order chi connectivity index (χ1) is 12.0. The highest BCUT2D eigenvalue weighted by molar-refractivity contribution is 6.01. The molecule has 0 heterocycles. The number of nitrogens with zero attached hydrogens (tertiary/aromatic N) is 1. The monoisotopic (exact) mass is 355 g/mol. The van der Waals surface area contributed by atoms with Gasteiger partial charge in [-0.25, -0.2) is 14.4 Å². The highest BCUT2D eigenvalue weighted by Crippen LogP contribution is 2.09. The Kier molecular flexibility index (Phi) is 12.9. The first-order valence-electron chi connectivity index (χ1n) is 8.75. The summed E-state index contributed by atoms with van der Waals surface area (Å²) in [6, 6.07) is -1.49. The van der Waals surface area contributed by atoms with Crippen molar-refractivity contribution in [2.45, 2.75) is 59.4 Å². The molecule has 0 aromatic rings. The topological polar surface area (TPSA) is 82.1 Å². The Morgan fingerprint density at radius 2 is 1.36 bits per heavy atom. The first-order valence-corrected chi connectivity index (χ1v) is 8.75. The summed E-state index contributed by atoms with van der Waals surface area (Å²) in [5.41, 5.74) is 0. The van der Waals surface area contributed by atoms with Crippen LogP contribution in [0, 0.1) is 11.8 Å². The number of amides is 1. The van der Waals surface area contributed by atoms with E-state index < -0.39 is 24.1 Å². The van der Waals surface area contributed by atoms with E-state index in [4.69, 9.17) is 14.2 Å². The molecule has 25 heavy (non-hydrogen) atoms. The number of hydrogen-bond donors (Lipinski definition) is 0. The SMILES string of the molecule is CCCCC#CCCN(C(=O)OCC)C(C(=O)OCC)C(=O)OCC. The molecule has 1 amide bonds. The second kappa shape index (κ2) is 14.1. The van der Waals surface area contributed by atoms with Crippen molar-refractivity contribution in [2.75, 3.05) is 26.4 Å². The lowest BCUT2D eigenvalue weighted by atomic mass is 10.2. The van der Waals surface area contributed by atoms with E-state index in [0.717, 1.165) is 24.2 Å². The van der Waals surface area contributed by atoms with E-state index in [2.05, 4.69) is 18.8 Å².